The molecule has 0 spiro atoms. The van der Waals surface area contributed by atoms with E-state index in [1.165, 1.54) is 19.3 Å². The largest absolute Gasteiger partial charge is 0.399 e. The molecule has 0 atom stereocenters. The third-order valence-corrected chi connectivity index (χ3v) is 2.87. The molecular weight excluding hydrogens is 188 g/mol. The first kappa shape index (κ1) is 10.0. The summed E-state index contributed by atoms with van der Waals surface area (Å²) in [6.07, 6.45) is 4.32. The number of anilines is 2. The van der Waals surface area contributed by atoms with E-state index in [1.807, 2.05) is 18.2 Å². The summed E-state index contributed by atoms with van der Waals surface area (Å²) >= 11 is 0. The topological polar surface area (TPSA) is 55.1 Å². The summed E-state index contributed by atoms with van der Waals surface area (Å²) in [4.78, 5) is 11.6. The molecule has 1 aromatic rings. The van der Waals surface area contributed by atoms with Gasteiger partial charge in [0, 0.05) is 17.8 Å². The number of hydrogen-bond donors (Lipinski definition) is 2. The maximum atomic E-state index is 11.6. The minimum atomic E-state index is 0.102. The minimum absolute atomic E-state index is 0.102. The Balaban J connectivity index is 1.87. The number of nitrogen functional groups attached to an aromatic ring is 1. The monoisotopic (exact) mass is 204 g/mol. The second-order valence-corrected chi connectivity index (χ2v) is 4.17. The van der Waals surface area contributed by atoms with Crippen molar-refractivity contribution in [3.63, 3.8) is 0 Å². The Labute approximate surface area is 89.7 Å². The van der Waals surface area contributed by atoms with Crippen LogP contribution < -0.4 is 11.1 Å². The van der Waals surface area contributed by atoms with E-state index < -0.39 is 0 Å². The maximum Gasteiger partial charge on any atom is 0.224 e. The standard InChI is InChI=1S/C12H16N2O/c13-10-5-2-6-11(8-10)14-12(15)7-9-3-1-4-9/h2,5-6,8-9H,1,3-4,7,13H2,(H,14,15). The molecule has 1 amide bonds. The van der Waals surface area contributed by atoms with Crippen molar-refractivity contribution in [2.24, 2.45) is 5.92 Å². The number of nitrogens with one attached hydrogen (secondary N) is 1. The number of rotatable bonds is 3. The molecule has 0 aliphatic heterocycles. The molecule has 1 fully saturated rings. The fourth-order valence-electron chi connectivity index (χ4n) is 1.79. The van der Waals surface area contributed by atoms with Gasteiger partial charge in [-0.3, -0.25) is 4.79 Å². The van der Waals surface area contributed by atoms with Crippen molar-refractivity contribution >= 4 is 17.3 Å². The zero-order chi connectivity index (χ0) is 10.7. The van der Waals surface area contributed by atoms with Crippen LogP contribution in [0, 0.1) is 5.92 Å². The van der Waals surface area contributed by atoms with Gasteiger partial charge < -0.3 is 11.1 Å². The van der Waals surface area contributed by atoms with Gasteiger partial charge in [0.25, 0.3) is 0 Å². The number of carbonyl (C=O) groups is 1. The van der Waals surface area contributed by atoms with Crippen LogP contribution in [0.15, 0.2) is 24.3 Å². The van der Waals surface area contributed by atoms with Crippen LogP contribution in [0.25, 0.3) is 0 Å². The van der Waals surface area contributed by atoms with E-state index in [0.29, 0.717) is 18.0 Å². The smallest absolute Gasteiger partial charge is 0.224 e. The zero-order valence-corrected chi connectivity index (χ0v) is 8.70. The minimum Gasteiger partial charge on any atom is -0.399 e. The SMILES string of the molecule is Nc1cccc(NC(=O)CC2CCC2)c1. The molecule has 80 valence electrons. The van der Waals surface area contributed by atoms with Crippen LogP contribution in [0.1, 0.15) is 25.7 Å². The van der Waals surface area contributed by atoms with E-state index in [-0.39, 0.29) is 5.91 Å². The molecule has 0 radical (unpaired) electrons. The first-order valence-electron chi connectivity index (χ1n) is 5.39. The molecule has 0 aromatic heterocycles. The van der Waals surface area contributed by atoms with Gasteiger partial charge in [-0.2, -0.15) is 0 Å². The van der Waals surface area contributed by atoms with Gasteiger partial charge in [0.1, 0.15) is 0 Å². The summed E-state index contributed by atoms with van der Waals surface area (Å²) in [7, 11) is 0. The summed E-state index contributed by atoms with van der Waals surface area (Å²) in [6, 6.07) is 7.28. The lowest BCUT2D eigenvalue weighted by molar-refractivity contribution is -0.117. The highest BCUT2D eigenvalue weighted by Crippen LogP contribution is 2.29. The molecule has 0 unspecified atom stereocenters. The maximum absolute atomic E-state index is 11.6. The molecule has 1 aliphatic carbocycles. The summed E-state index contributed by atoms with van der Waals surface area (Å²) in [5.74, 6) is 0.705. The van der Waals surface area contributed by atoms with Crippen molar-refractivity contribution in [2.45, 2.75) is 25.7 Å². The second-order valence-electron chi connectivity index (χ2n) is 4.17. The summed E-state index contributed by atoms with van der Waals surface area (Å²) in [6.45, 7) is 0. The molecule has 3 heteroatoms. The summed E-state index contributed by atoms with van der Waals surface area (Å²) in [5.41, 5.74) is 7.09. The van der Waals surface area contributed by atoms with Crippen molar-refractivity contribution < 1.29 is 4.79 Å². The van der Waals surface area contributed by atoms with Crippen LogP contribution in [-0.4, -0.2) is 5.91 Å². The van der Waals surface area contributed by atoms with Crippen LogP contribution >= 0.6 is 0 Å². The molecule has 0 saturated heterocycles. The van der Waals surface area contributed by atoms with Crippen molar-refractivity contribution in [1.29, 1.82) is 0 Å². The molecule has 3 N–H and O–H groups in total. The summed E-state index contributed by atoms with van der Waals surface area (Å²) in [5, 5.41) is 2.86. The lowest BCUT2D eigenvalue weighted by Gasteiger charge is -2.24. The Morgan fingerprint density at radius 2 is 2.27 bits per heavy atom. The molecule has 2 rings (SSSR count). The van der Waals surface area contributed by atoms with Crippen molar-refractivity contribution in [3.8, 4) is 0 Å². The number of benzene rings is 1. The molecule has 1 saturated carbocycles. The average Bonchev–Trinajstić information content (AvgIpc) is 2.11. The molecule has 0 bridgehead atoms. The van der Waals surface area contributed by atoms with Gasteiger partial charge in [-0.05, 0) is 37.0 Å². The van der Waals surface area contributed by atoms with E-state index in [9.17, 15) is 4.79 Å². The Morgan fingerprint density at radius 1 is 1.47 bits per heavy atom. The predicted octanol–water partition coefficient (Wildman–Crippen LogP) is 2.40. The van der Waals surface area contributed by atoms with Crippen LogP contribution in [0.2, 0.25) is 0 Å². The van der Waals surface area contributed by atoms with Gasteiger partial charge in [-0.25, -0.2) is 0 Å². The van der Waals surface area contributed by atoms with Crippen LogP contribution in [0.5, 0.6) is 0 Å². The fourth-order valence-corrected chi connectivity index (χ4v) is 1.79. The molecular formula is C12H16N2O. The zero-order valence-electron chi connectivity index (χ0n) is 8.70. The van der Waals surface area contributed by atoms with Crippen LogP contribution in [0.3, 0.4) is 0 Å². The highest BCUT2D eigenvalue weighted by molar-refractivity contribution is 5.91. The van der Waals surface area contributed by atoms with Gasteiger partial charge >= 0.3 is 0 Å². The Bertz CT molecular complexity index is 358. The van der Waals surface area contributed by atoms with Gasteiger partial charge in [0.05, 0.1) is 0 Å². The number of hydrogen-bond acceptors (Lipinski definition) is 2. The van der Waals surface area contributed by atoms with Gasteiger partial charge in [0.2, 0.25) is 5.91 Å². The lowest BCUT2D eigenvalue weighted by atomic mass is 9.83. The Hall–Kier alpha value is -1.51. The van der Waals surface area contributed by atoms with E-state index in [1.54, 1.807) is 6.07 Å². The molecule has 1 aliphatic rings. The fraction of sp³-hybridized carbons (Fsp3) is 0.417. The van der Waals surface area contributed by atoms with Crippen molar-refractivity contribution in [3.05, 3.63) is 24.3 Å². The molecule has 0 heterocycles. The van der Waals surface area contributed by atoms with Gasteiger partial charge in [-0.15, -0.1) is 0 Å². The van der Waals surface area contributed by atoms with E-state index >= 15 is 0 Å². The third kappa shape index (κ3) is 2.72. The van der Waals surface area contributed by atoms with E-state index in [0.717, 1.165) is 5.69 Å². The number of carbonyl (C=O) groups excluding carboxylic acids is 1. The molecule has 3 nitrogen and oxygen atoms in total. The van der Waals surface area contributed by atoms with Gasteiger partial charge in [-0.1, -0.05) is 12.5 Å². The van der Waals surface area contributed by atoms with E-state index in [4.69, 9.17) is 5.73 Å². The number of amides is 1. The van der Waals surface area contributed by atoms with Crippen LogP contribution in [-0.2, 0) is 4.79 Å². The second kappa shape index (κ2) is 4.34. The normalized spacial score (nSPS) is 15.7. The predicted molar refractivity (Wildman–Crippen MR) is 61.4 cm³/mol. The van der Waals surface area contributed by atoms with Crippen molar-refractivity contribution in [2.75, 3.05) is 11.1 Å². The Kier molecular flexibility index (Phi) is 2.90. The highest BCUT2D eigenvalue weighted by Gasteiger charge is 2.20. The van der Waals surface area contributed by atoms with Crippen LogP contribution in [0.4, 0.5) is 11.4 Å². The highest BCUT2D eigenvalue weighted by atomic mass is 16.1. The molecule has 1 aromatic carbocycles. The van der Waals surface area contributed by atoms with E-state index in [2.05, 4.69) is 5.32 Å². The summed E-state index contributed by atoms with van der Waals surface area (Å²) < 4.78 is 0. The lowest BCUT2D eigenvalue weighted by Crippen LogP contribution is -2.20. The first-order valence-corrected chi connectivity index (χ1v) is 5.39. The number of nitrogens with two attached hydrogens (primary N) is 1. The quantitative estimate of drug-likeness (QED) is 0.743. The van der Waals surface area contributed by atoms with Crippen molar-refractivity contribution in [1.82, 2.24) is 0 Å². The first-order chi connectivity index (χ1) is 7.24. The van der Waals surface area contributed by atoms with Gasteiger partial charge in [0.15, 0.2) is 0 Å². The average molecular weight is 204 g/mol. The third-order valence-electron chi connectivity index (χ3n) is 2.87. The Morgan fingerprint density at radius 3 is 2.87 bits per heavy atom. The molecule has 15 heavy (non-hydrogen) atoms.